The van der Waals surface area contributed by atoms with Gasteiger partial charge in [-0.15, -0.1) is 0 Å². The second kappa shape index (κ2) is 8.19. The van der Waals surface area contributed by atoms with Crippen molar-refractivity contribution in [1.29, 1.82) is 0 Å². The molecule has 0 amide bonds. The van der Waals surface area contributed by atoms with E-state index in [1.54, 1.807) is 30.5 Å². The molecule has 6 heteroatoms. The Hall–Kier alpha value is -2.96. The van der Waals surface area contributed by atoms with Gasteiger partial charge in [0.05, 0.1) is 4.90 Å². The number of nitrogens with zero attached hydrogens (tertiary/aromatic N) is 1. The van der Waals surface area contributed by atoms with Crippen molar-refractivity contribution in [3.63, 3.8) is 0 Å². The van der Waals surface area contributed by atoms with E-state index < -0.39 is 10.0 Å². The van der Waals surface area contributed by atoms with Crippen LogP contribution in [-0.4, -0.2) is 18.4 Å². The van der Waals surface area contributed by atoms with Crippen molar-refractivity contribution >= 4 is 21.1 Å². The Kier molecular flexibility index (Phi) is 5.47. The lowest BCUT2D eigenvalue weighted by atomic mass is 10.0. The molecule has 0 spiro atoms. The van der Waals surface area contributed by atoms with Gasteiger partial charge in [0, 0.05) is 24.3 Å². The molecule has 0 aliphatic heterocycles. The number of rotatable bonds is 7. The SMILES string of the molecule is Cc1ccc(S(=O)(=O)NCc2ccc(CCc3c[nH]c4ncccc34)cc2)cc1. The molecule has 0 saturated carbocycles. The van der Waals surface area contributed by atoms with Crippen molar-refractivity contribution in [2.45, 2.75) is 31.2 Å². The van der Waals surface area contributed by atoms with E-state index in [0.29, 0.717) is 0 Å². The zero-order valence-corrected chi connectivity index (χ0v) is 17.0. The third-order valence-electron chi connectivity index (χ3n) is 5.04. The number of aromatic amines is 1. The van der Waals surface area contributed by atoms with Gasteiger partial charge in [0.2, 0.25) is 10.0 Å². The van der Waals surface area contributed by atoms with Gasteiger partial charge in [-0.05, 0) is 60.7 Å². The number of nitrogens with one attached hydrogen (secondary N) is 2. The topological polar surface area (TPSA) is 74.8 Å². The molecule has 5 nitrogen and oxygen atoms in total. The Morgan fingerprint density at radius 1 is 0.931 bits per heavy atom. The number of H-pyrrole nitrogens is 1. The highest BCUT2D eigenvalue weighted by atomic mass is 32.2. The molecule has 0 bridgehead atoms. The first kappa shape index (κ1) is 19.4. The Labute approximate surface area is 170 Å². The Morgan fingerprint density at radius 3 is 2.41 bits per heavy atom. The monoisotopic (exact) mass is 405 g/mol. The zero-order valence-electron chi connectivity index (χ0n) is 16.2. The second-order valence-corrected chi connectivity index (χ2v) is 8.93. The third kappa shape index (κ3) is 4.55. The van der Waals surface area contributed by atoms with Gasteiger partial charge in [-0.25, -0.2) is 18.1 Å². The van der Waals surface area contributed by atoms with Gasteiger partial charge in [0.1, 0.15) is 5.65 Å². The number of hydrogen-bond acceptors (Lipinski definition) is 3. The van der Waals surface area contributed by atoms with Crippen molar-refractivity contribution in [3.8, 4) is 0 Å². The first-order valence-corrected chi connectivity index (χ1v) is 11.0. The summed E-state index contributed by atoms with van der Waals surface area (Å²) in [6, 6.07) is 18.9. The number of sulfonamides is 1. The van der Waals surface area contributed by atoms with Crippen molar-refractivity contribution < 1.29 is 8.42 Å². The molecule has 2 aromatic carbocycles. The van der Waals surface area contributed by atoms with Crippen LogP contribution in [0.4, 0.5) is 0 Å². The lowest BCUT2D eigenvalue weighted by Gasteiger charge is -2.08. The highest BCUT2D eigenvalue weighted by Crippen LogP contribution is 2.18. The molecule has 2 aromatic heterocycles. The summed E-state index contributed by atoms with van der Waals surface area (Å²) in [6.45, 7) is 2.20. The summed E-state index contributed by atoms with van der Waals surface area (Å²) in [7, 11) is -3.51. The quantitative estimate of drug-likeness (QED) is 0.485. The second-order valence-electron chi connectivity index (χ2n) is 7.17. The summed E-state index contributed by atoms with van der Waals surface area (Å²) in [6.07, 6.45) is 5.64. The minimum Gasteiger partial charge on any atom is -0.346 e. The highest BCUT2D eigenvalue weighted by molar-refractivity contribution is 7.89. The summed E-state index contributed by atoms with van der Waals surface area (Å²) in [5.41, 5.74) is 5.35. The molecular weight excluding hydrogens is 382 g/mol. The van der Waals surface area contributed by atoms with Crippen LogP contribution >= 0.6 is 0 Å². The van der Waals surface area contributed by atoms with E-state index in [4.69, 9.17) is 0 Å². The molecule has 0 aliphatic rings. The van der Waals surface area contributed by atoms with E-state index >= 15 is 0 Å². The van der Waals surface area contributed by atoms with Gasteiger partial charge in [-0.1, -0.05) is 42.0 Å². The van der Waals surface area contributed by atoms with Gasteiger partial charge in [-0.2, -0.15) is 0 Å². The normalized spacial score (nSPS) is 11.8. The fourth-order valence-corrected chi connectivity index (χ4v) is 4.32. The first-order chi connectivity index (χ1) is 14.0. The van der Waals surface area contributed by atoms with Gasteiger partial charge >= 0.3 is 0 Å². The standard InChI is InChI=1S/C23H23N3O2S/c1-17-4-12-21(13-5-17)29(27,28)26-15-19-8-6-18(7-9-19)10-11-20-16-25-23-22(20)3-2-14-24-23/h2-9,12-14,16,26H,10-11,15H2,1H3,(H,24,25). The zero-order chi connectivity index (χ0) is 20.3. The van der Waals surface area contributed by atoms with Crippen LogP contribution in [0, 0.1) is 6.92 Å². The molecule has 0 aliphatic carbocycles. The smallest absolute Gasteiger partial charge is 0.240 e. The maximum absolute atomic E-state index is 12.4. The van der Waals surface area contributed by atoms with E-state index in [1.807, 2.05) is 31.3 Å². The largest absolute Gasteiger partial charge is 0.346 e. The molecule has 2 N–H and O–H groups in total. The predicted octanol–water partition coefficient (Wildman–Crippen LogP) is 4.14. The van der Waals surface area contributed by atoms with E-state index in [1.165, 1.54) is 11.1 Å². The van der Waals surface area contributed by atoms with Crippen LogP contribution in [0.3, 0.4) is 0 Å². The van der Waals surface area contributed by atoms with Gasteiger partial charge in [0.25, 0.3) is 0 Å². The Morgan fingerprint density at radius 2 is 1.66 bits per heavy atom. The van der Waals surface area contributed by atoms with Crippen LogP contribution in [0.15, 0.2) is 78.0 Å². The number of benzene rings is 2. The molecule has 0 radical (unpaired) electrons. The van der Waals surface area contributed by atoms with Crippen LogP contribution in [0.2, 0.25) is 0 Å². The van der Waals surface area contributed by atoms with E-state index in [-0.39, 0.29) is 11.4 Å². The molecule has 0 atom stereocenters. The van der Waals surface area contributed by atoms with Crippen LogP contribution < -0.4 is 4.72 Å². The van der Waals surface area contributed by atoms with E-state index in [9.17, 15) is 8.42 Å². The summed E-state index contributed by atoms with van der Waals surface area (Å²) < 4.78 is 27.5. The van der Waals surface area contributed by atoms with Crippen molar-refractivity contribution in [2.24, 2.45) is 0 Å². The Balaban J connectivity index is 1.36. The van der Waals surface area contributed by atoms with Gasteiger partial charge < -0.3 is 4.98 Å². The van der Waals surface area contributed by atoms with Crippen molar-refractivity contribution in [3.05, 3.63) is 95.3 Å². The number of aromatic nitrogens is 2. The minimum atomic E-state index is -3.51. The fourth-order valence-electron chi connectivity index (χ4n) is 3.30. The molecule has 29 heavy (non-hydrogen) atoms. The molecule has 0 fully saturated rings. The van der Waals surface area contributed by atoms with Crippen LogP contribution in [0.25, 0.3) is 11.0 Å². The van der Waals surface area contributed by atoms with Crippen LogP contribution in [0.1, 0.15) is 22.3 Å². The average Bonchev–Trinajstić information content (AvgIpc) is 3.15. The molecule has 0 saturated heterocycles. The molecule has 4 rings (SSSR count). The van der Waals surface area contributed by atoms with Crippen molar-refractivity contribution in [2.75, 3.05) is 0 Å². The number of aryl methyl sites for hydroxylation is 3. The summed E-state index contributed by atoms with van der Waals surface area (Å²) in [5, 5.41) is 1.16. The predicted molar refractivity (Wildman–Crippen MR) is 115 cm³/mol. The average molecular weight is 406 g/mol. The number of pyridine rings is 1. The Bertz CT molecular complexity index is 1210. The lowest BCUT2D eigenvalue weighted by Crippen LogP contribution is -2.23. The molecule has 148 valence electrons. The van der Waals surface area contributed by atoms with Gasteiger partial charge in [0.15, 0.2) is 0 Å². The maximum Gasteiger partial charge on any atom is 0.240 e. The van der Waals surface area contributed by atoms with E-state index in [2.05, 4.69) is 32.9 Å². The number of hydrogen-bond donors (Lipinski definition) is 2. The fraction of sp³-hybridized carbons (Fsp3) is 0.174. The third-order valence-corrected chi connectivity index (χ3v) is 6.46. The summed E-state index contributed by atoms with van der Waals surface area (Å²) in [5.74, 6) is 0. The number of fused-ring (bicyclic) bond motifs is 1. The van der Waals surface area contributed by atoms with Crippen molar-refractivity contribution in [1.82, 2.24) is 14.7 Å². The molecular formula is C23H23N3O2S. The maximum atomic E-state index is 12.4. The highest BCUT2D eigenvalue weighted by Gasteiger charge is 2.13. The first-order valence-electron chi connectivity index (χ1n) is 9.56. The molecule has 2 heterocycles. The van der Waals surface area contributed by atoms with Crippen LogP contribution in [0.5, 0.6) is 0 Å². The summed E-state index contributed by atoms with van der Waals surface area (Å²) in [4.78, 5) is 7.81. The molecule has 4 aromatic rings. The minimum absolute atomic E-state index is 0.268. The summed E-state index contributed by atoms with van der Waals surface area (Å²) >= 11 is 0. The lowest BCUT2D eigenvalue weighted by molar-refractivity contribution is 0.581. The van der Waals surface area contributed by atoms with E-state index in [0.717, 1.165) is 35.0 Å². The van der Waals surface area contributed by atoms with Gasteiger partial charge in [-0.3, -0.25) is 0 Å². The van der Waals surface area contributed by atoms with Crippen LogP contribution in [-0.2, 0) is 29.4 Å². The molecule has 0 unspecified atom stereocenters.